The summed E-state index contributed by atoms with van der Waals surface area (Å²) >= 11 is 0. The summed E-state index contributed by atoms with van der Waals surface area (Å²) in [5.41, 5.74) is 4.39. The first-order valence-electron chi connectivity index (χ1n) is 3.19. The number of nitrogens with two attached hydrogens (primary N) is 1. The molecule has 0 aliphatic heterocycles. The molecule has 14 heavy (non-hydrogen) atoms. The Balaban J connectivity index is 5.17. The van der Waals surface area contributed by atoms with E-state index < -0.39 is 24.1 Å². The maximum Gasteiger partial charge on any atom is 0.459 e. The molecule has 0 radical (unpaired) electrons. The van der Waals surface area contributed by atoms with Gasteiger partial charge in [-0.3, -0.25) is 0 Å². The summed E-state index contributed by atoms with van der Waals surface area (Å²) in [7, 11) is 0. The third kappa shape index (κ3) is 1.84. The van der Waals surface area contributed by atoms with Crippen LogP contribution in [-0.4, -0.2) is 24.1 Å². The molecule has 0 saturated carbocycles. The monoisotopic (exact) mass is 225 g/mol. The van der Waals surface area contributed by atoms with Gasteiger partial charge in [0.25, 0.3) is 0 Å². The van der Waals surface area contributed by atoms with Gasteiger partial charge in [-0.15, -0.1) is 6.58 Å². The van der Waals surface area contributed by atoms with E-state index in [0.29, 0.717) is 0 Å². The highest BCUT2D eigenvalue weighted by molar-refractivity contribution is 5.04. The van der Waals surface area contributed by atoms with Crippen molar-refractivity contribution in [3.8, 4) is 0 Å². The van der Waals surface area contributed by atoms with Crippen molar-refractivity contribution in [2.45, 2.75) is 24.1 Å². The van der Waals surface area contributed by atoms with Crippen molar-refractivity contribution < 1.29 is 30.7 Å². The highest BCUT2D eigenvalue weighted by Crippen LogP contribution is 2.47. The van der Waals surface area contributed by atoms with Gasteiger partial charge in [-0.1, -0.05) is 6.08 Å². The van der Waals surface area contributed by atoms with E-state index in [-0.39, 0.29) is 6.08 Å². The molecule has 0 rings (SSSR count). The van der Waals surface area contributed by atoms with Crippen LogP contribution in [0.4, 0.5) is 30.7 Å². The molecule has 2 N–H and O–H groups in total. The van der Waals surface area contributed by atoms with E-state index in [1.165, 1.54) is 0 Å². The Morgan fingerprint density at radius 3 is 1.57 bits per heavy atom. The predicted molar refractivity (Wildman–Crippen MR) is 34.1 cm³/mol. The normalized spacial score (nSPS) is 16.6. The number of hydrogen-bond acceptors (Lipinski definition) is 1. The van der Waals surface area contributed by atoms with Crippen molar-refractivity contribution >= 4 is 0 Å². The van der Waals surface area contributed by atoms with Crippen LogP contribution in [-0.2, 0) is 0 Å². The largest absolute Gasteiger partial charge is 0.459 e. The topological polar surface area (TPSA) is 26.0 Å². The van der Waals surface area contributed by atoms with Crippen LogP contribution in [0.1, 0.15) is 0 Å². The zero-order valence-electron chi connectivity index (χ0n) is 6.58. The molecule has 1 atom stereocenters. The Kier molecular flexibility index (Phi) is 3.22. The van der Waals surface area contributed by atoms with Gasteiger partial charge < -0.3 is 5.73 Å². The van der Waals surface area contributed by atoms with Crippen molar-refractivity contribution in [3.63, 3.8) is 0 Å². The van der Waals surface area contributed by atoms with Gasteiger partial charge in [-0.05, 0) is 0 Å². The summed E-state index contributed by atoms with van der Waals surface area (Å²) in [4.78, 5) is 0. The van der Waals surface area contributed by atoms with Gasteiger partial charge in [-0.2, -0.15) is 30.7 Å². The van der Waals surface area contributed by atoms with Gasteiger partial charge in [0.05, 0.1) is 6.04 Å². The van der Waals surface area contributed by atoms with E-state index in [9.17, 15) is 30.7 Å². The van der Waals surface area contributed by atoms with Gasteiger partial charge >= 0.3 is 18.0 Å². The van der Waals surface area contributed by atoms with Crippen molar-refractivity contribution in [2.75, 3.05) is 0 Å². The van der Waals surface area contributed by atoms with Crippen LogP contribution >= 0.6 is 0 Å². The van der Waals surface area contributed by atoms with Crippen LogP contribution in [0, 0.1) is 0 Å². The first-order valence-corrected chi connectivity index (χ1v) is 3.19. The minimum atomic E-state index is -6.35. The van der Waals surface area contributed by atoms with E-state index in [4.69, 9.17) is 0 Å². The van der Waals surface area contributed by atoms with Crippen LogP contribution in [0.25, 0.3) is 0 Å². The van der Waals surface area contributed by atoms with Crippen LogP contribution in [0.2, 0.25) is 0 Å². The van der Waals surface area contributed by atoms with Gasteiger partial charge in [0.15, 0.2) is 0 Å². The summed E-state index contributed by atoms with van der Waals surface area (Å²) < 4.78 is 83.7. The Hall–Kier alpha value is -0.790. The van der Waals surface area contributed by atoms with Crippen LogP contribution in [0.5, 0.6) is 0 Å². The van der Waals surface area contributed by atoms with Crippen molar-refractivity contribution in [1.29, 1.82) is 0 Å². The van der Waals surface area contributed by atoms with Gasteiger partial charge in [0.2, 0.25) is 0 Å². The first-order chi connectivity index (χ1) is 5.98. The van der Waals surface area contributed by atoms with E-state index in [1.54, 1.807) is 0 Å². The summed E-state index contributed by atoms with van der Waals surface area (Å²) in [6.07, 6.45) is -6.23. The lowest BCUT2D eigenvalue weighted by Gasteiger charge is -2.30. The molecule has 0 saturated heterocycles. The smallest absolute Gasteiger partial charge is 0.319 e. The minimum absolute atomic E-state index is 0.125. The van der Waals surface area contributed by atoms with Gasteiger partial charge in [0.1, 0.15) is 0 Å². The summed E-state index contributed by atoms with van der Waals surface area (Å²) in [5, 5.41) is 0. The Labute approximate surface area is 74.4 Å². The van der Waals surface area contributed by atoms with E-state index in [1.807, 2.05) is 0 Å². The molecule has 0 spiro atoms. The van der Waals surface area contributed by atoms with Crippen LogP contribution < -0.4 is 5.73 Å². The molecular formula is C6H6F7N. The Bertz CT molecular complexity index is 219. The molecule has 0 aliphatic rings. The first kappa shape index (κ1) is 13.2. The molecule has 0 bridgehead atoms. The molecule has 0 aromatic heterocycles. The average Bonchev–Trinajstić information content (AvgIpc) is 2.00. The molecule has 0 fully saturated rings. The molecule has 0 heterocycles. The van der Waals surface area contributed by atoms with E-state index >= 15 is 0 Å². The second-order valence-electron chi connectivity index (χ2n) is 2.46. The molecular weight excluding hydrogens is 219 g/mol. The molecule has 84 valence electrons. The Morgan fingerprint density at radius 2 is 1.36 bits per heavy atom. The standard InChI is InChI=1S/C6H6F7N/c1-2-3(14)4(7,8)5(9,10)6(11,12)13/h2-3H,1,14H2/t3-/m0/s1. The van der Waals surface area contributed by atoms with Crippen molar-refractivity contribution in [2.24, 2.45) is 5.73 Å². The fourth-order valence-electron chi connectivity index (χ4n) is 0.546. The lowest BCUT2D eigenvalue weighted by atomic mass is 10.0. The highest BCUT2D eigenvalue weighted by atomic mass is 19.4. The highest BCUT2D eigenvalue weighted by Gasteiger charge is 2.74. The van der Waals surface area contributed by atoms with Gasteiger partial charge in [-0.25, -0.2) is 0 Å². The number of rotatable bonds is 3. The maximum absolute atomic E-state index is 12.4. The summed E-state index contributed by atoms with van der Waals surface area (Å²) in [6.45, 7) is 2.62. The number of alkyl halides is 7. The second kappa shape index (κ2) is 3.41. The SMILES string of the molecule is C=C[C@H](N)C(F)(F)C(F)(F)C(F)(F)F. The quantitative estimate of drug-likeness (QED) is 0.579. The lowest BCUT2D eigenvalue weighted by Crippen LogP contribution is -2.59. The molecule has 0 aliphatic carbocycles. The minimum Gasteiger partial charge on any atom is -0.319 e. The maximum atomic E-state index is 12.4. The second-order valence-corrected chi connectivity index (χ2v) is 2.46. The van der Waals surface area contributed by atoms with Crippen LogP contribution in [0.3, 0.4) is 0 Å². The number of hydrogen-bond donors (Lipinski definition) is 1. The summed E-state index contributed by atoms with van der Waals surface area (Å²) in [5.74, 6) is -11.6. The molecule has 0 unspecified atom stereocenters. The Morgan fingerprint density at radius 1 is 1.00 bits per heavy atom. The summed E-state index contributed by atoms with van der Waals surface area (Å²) in [6, 6.07) is -2.76. The van der Waals surface area contributed by atoms with Crippen LogP contribution in [0.15, 0.2) is 12.7 Å². The average molecular weight is 225 g/mol. The fourth-order valence-corrected chi connectivity index (χ4v) is 0.546. The zero-order valence-corrected chi connectivity index (χ0v) is 6.58. The molecule has 1 nitrogen and oxygen atoms in total. The predicted octanol–water partition coefficient (Wildman–Crippen LogP) is 2.33. The van der Waals surface area contributed by atoms with E-state index in [2.05, 4.69) is 12.3 Å². The number of halogens is 7. The van der Waals surface area contributed by atoms with Crippen molar-refractivity contribution in [3.05, 3.63) is 12.7 Å². The zero-order chi connectivity index (χ0) is 11.8. The van der Waals surface area contributed by atoms with Gasteiger partial charge in [0, 0.05) is 0 Å². The third-order valence-electron chi connectivity index (χ3n) is 1.45. The molecule has 0 amide bonds. The molecule has 0 aromatic rings. The van der Waals surface area contributed by atoms with E-state index in [0.717, 1.165) is 0 Å². The lowest BCUT2D eigenvalue weighted by molar-refractivity contribution is -0.356. The third-order valence-corrected chi connectivity index (χ3v) is 1.45. The molecule has 8 heteroatoms. The molecule has 0 aromatic carbocycles. The van der Waals surface area contributed by atoms with Crippen molar-refractivity contribution in [1.82, 2.24) is 0 Å². The fraction of sp³-hybridized carbons (Fsp3) is 0.667.